The van der Waals surface area contributed by atoms with E-state index in [1.807, 2.05) is 0 Å². The fraction of sp³-hybridized carbons (Fsp3) is 0.467. The summed E-state index contributed by atoms with van der Waals surface area (Å²) in [5.41, 5.74) is 4.55. The monoisotopic (exact) mass is 278 g/mol. The standard InChI is InChI=1S/C15H19ClN2O/c1-5-6-12(16)14-17-15(19-18-14)13-10(3)7-9(2)8-11(13)4/h7-8,12H,5-6H2,1-4H3. The highest BCUT2D eigenvalue weighted by molar-refractivity contribution is 6.20. The van der Waals surface area contributed by atoms with Crippen LogP contribution < -0.4 is 0 Å². The Bertz CT molecular complexity index is 554. The quantitative estimate of drug-likeness (QED) is 0.758. The van der Waals surface area contributed by atoms with Gasteiger partial charge in [0, 0.05) is 5.56 Å². The number of halogens is 1. The van der Waals surface area contributed by atoms with Crippen molar-refractivity contribution in [2.75, 3.05) is 0 Å². The minimum atomic E-state index is -0.173. The van der Waals surface area contributed by atoms with Gasteiger partial charge >= 0.3 is 0 Å². The fourth-order valence-corrected chi connectivity index (χ4v) is 2.67. The van der Waals surface area contributed by atoms with Crippen molar-refractivity contribution in [1.82, 2.24) is 10.1 Å². The third-order valence-electron chi connectivity index (χ3n) is 3.15. The van der Waals surface area contributed by atoms with E-state index in [0.29, 0.717) is 11.7 Å². The molecule has 0 N–H and O–H groups in total. The van der Waals surface area contributed by atoms with Gasteiger partial charge in [-0.2, -0.15) is 4.98 Å². The van der Waals surface area contributed by atoms with Crippen molar-refractivity contribution < 1.29 is 4.52 Å². The van der Waals surface area contributed by atoms with E-state index in [2.05, 4.69) is 50.0 Å². The molecule has 0 aliphatic carbocycles. The number of nitrogens with zero attached hydrogens (tertiary/aromatic N) is 2. The fourth-order valence-electron chi connectivity index (χ4n) is 2.36. The van der Waals surface area contributed by atoms with Gasteiger partial charge in [-0.3, -0.25) is 0 Å². The number of aryl methyl sites for hydroxylation is 3. The highest BCUT2D eigenvalue weighted by Gasteiger charge is 2.18. The van der Waals surface area contributed by atoms with Crippen LogP contribution in [0.5, 0.6) is 0 Å². The van der Waals surface area contributed by atoms with Gasteiger partial charge in [0.05, 0.1) is 5.38 Å². The molecule has 0 amide bonds. The van der Waals surface area contributed by atoms with E-state index in [-0.39, 0.29) is 5.38 Å². The Balaban J connectivity index is 2.38. The summed E-state index contributed by atoms with van der Waals surface area (Å²) in [5, 5.41) is 3.83. The molecule has 19 heavy (non-hydrogen) atoms. The predicted octanol–water partition coefficient (Wildman–Crippen LogP) is 4.74. The Morgan fingerprint density at radius 3 is 2.42 bits per heavy atom. The van der Waals surface area contributed by atoms with E-state index in [0.717, 1.165) is 29.5 Å². The van der Waals surface area contributed by atoms with Crippen LogP contribution in [0.4, 0.5) is 0 Å². The summed E-state index contributed by atoms with van der Waals surface area (Å²) in [6.45, 7) is 8.29. The summed E-state index contributed by atoms with van der Waals surface area (Å²) in [6, 6.07) is 4.24. The average molecular weight is 279 g/mol. The molecule has 1 heterocycles. The molecule has 2 rings (SSSR count). The SMILES string of the molecule is CCCC(Cl)c1noc(-c2c(C)cc(C)cc2C)n1. The molecule has 0 spiro atoms. The van der Waals surface area contributed by atoms with Gasteiger partial charge < -0.3 is 4.52 Å². The molecule has 0 fully saturated rings. The van der Waals surface area contributed by atoms with Crippen molar-refractivity contribution in [2.45, 2.75) is 45.9 Å². The smallest absolute Gasteiger partial charge is 0.258 e. The van der Waals surface area contributed by atoms with Crippen molar-refractivity contribution in [3.05, 3.63) is 34.6 Å². The lowest BCUT2D eigenvalue weighted by Crippen LogP contribution is -1.94. The third-order valence-corrected chi connectivity index (χ3v) is 3.57. The molecule has 102 valence electrons. The van der Waals surface area contributed by atoms with Crippen LogP contribution in [0.25, 0.3) is 11.5 Å². The predicted molar refractivity (Wildman–Crippen MR) is 77.4 cm³/mol. The Morgan fingerprint density at radius 1 is 1.21 bits per heavy atom. The first kappa shape index (κ1) is 14.1. The van der Waals surface area contributed by atoms with E-state index >= 15 is 0 Å². The Labute approximate surface area is 119 Å². The molecule has 4 heteroatoms. The Hall–Kier alpha value is -1.35. The maximum atomic E-state index is 6.23. The molecule has 0 saturated heterocycles. The highest BCUT2D eigenvalue weighted by Crippen LogP contribution is 2.30. The van der Waals surface area contributed by atoms with Crippen LogP contribution in [0.15, 0.2) is 16.7 Å². The van der Waals surface area contributed by atoms with Gasteiger partial charge in [-0.1, -0.05) is 36.2 Å². The lowest BCUT2D eigenvalue weighted by atomic mass is 10.00. The number of alkyl halides is 1. The molecule has 0 saturated carbocycles. The zero-order chi connectivity index (χ0) is 14.0. The molecule has 1 aromatic carbocycles. The van der Waals surface area contributed by atoms with E-state index < -0.39 is 0 Å². The normalized spacial score (nSPS) is 12.7. The van der Waals surface area contributed by atoms with Crippen LogP contribution in [-0.2, 0) is 0 Å². The van der Waals surface area contributed by atoms with Gasteiger partial charge in [0.15, 0.2) is 5.82 Å². The maximum Gasteiger partial charge on any atom is 0.258 e. The number of benzene rings is 1. The molecular weight excluding hydrogens is 260 g/mol. The molecule has 0 bridgehead atoms. The summed E-state index contributed by atoms with van der Waals surface area (Å²) in [5.74, 6) is 1.14. The number of aromatic nitrogens is 2. The molecule has 0 aliphatic heterocycles. The summed E-state index contributed by atoms with van der Waals surface area (Å²) >= 11 is 6.23. The first-order valence-electron chi connectivity index (χ1n) is 6.58. The Kier molecular flexibility index (Phi) is 4.25. The van der Waals surface area contributed by atoms with Crippen LogP contribution in [-0.4, -0.2) is 10.1 Å². The first-order valence-corrected chi connectivity index (χ1v) is 7.02. The van der Waals surface area contributed by atoms with Gasteiger partial charge in [-0.25, -0.2) is 0 Å². The van der Waals surface area contributed by atoms with E-state index in [1.54, 1.807) is 0 Å². The van der Waals surface area contributed by atoms with Gasteiger partial charge in [0.1, 0.15) is 0 Å². The lowest BCUT2D eigenvalue weighted by Gasteiger charge is -2.06. The summed E-state index contributed by atoms with van der Waals surface area (Å²) in [6.07, 6.45) is 1.85. The van der Waals surface area contributed by atoms with Gasteiger partial charge in [-0.05, 0) is 38.3 Å². The van der Waals surface area contributed by atoms with E-state index in [4.69, 9.17) is 16.1 Å². The molecule has 1 aromatic heterocycles. The van der Waals surface area contributed by atoms with Crippen molar-refractivity contribution >= 4 is 11.6 Å². The second-order valence-corrected chi connectivity index (χ2v) is 5.51. The molecular formula is C15H19ClN2O. The molecule has 1 atom stereocenters. The van der Waals surface area contributed by atoms with E-state index in [1.165, 1.54) is 5.56 Å². The largest absolute Gasteiger partial charge is 0.334 e. The molecule has 0 radical (unpaired) electrons. The second-order valence-electron chi connectivity index (χ2n) is 4.99. The van der Waals surface area contributed by atoms with Crippen LogP contribution >= 0.6 is 11.6 Å². The average Bonchev–Trinajstić information content (AvgIpc) is 2.77. The second kappa shape index (κ2) is 5.74. The zero-order valence-corrected chi connectivity index (χ0v) is 12.6. The maximum absolute atomic E-state index is 6.23. The number of hydrogen-bond donors (Lipinski definition) is 0. The molecule has 2 aromatic rings. The van der Waals surface area contributed by atoms with Gasteiger partial charge in [-0.15, -0.1) is 11.6 Å². The summed E-state index contributed by atoms with van der Waals surface area (Å²) in [4.78, 5) is 4.44. The third kappa shape index (κ3) is 2.98. The highest BCUT2D eigenvalue weighted by atomic mass is 35.5. The Morgan fingerprint density at radius 2 is 1.84 bits per heavy atom. The molecule has 0 aliphatic rings. The summed E-state index contributed by atoms with van der Waals surface area (Å²) < 4.78 is 5.37. The van der Waals surface area contributed by atoms with Crippen LogP contribution in [0, 0.1) is 20.8 Å². The van der Waals surface area contributed by atoms with Gasteiger partial charge in [0.2, 0.25) is 0 Å². The van der Waals surface area contributed by atoms with Crippen LogP contribution in [0.2, 0.25) is 0 Å². The van der Waals surface area contributed by atoms with Crippen LogP contribution in [0.1, 0.15) is 47.7 Å². The number of hydrogen-bond acceptors (Lipinski definition) is 3. The lowest BCUT2D eigenvalue weighted by molar-refractivity contribution is 0.420. The minimum absolute atomic E-state index is 0.173. The number of rotatable bonds is 4. The first-order chi connectivity index (χ1) is 9.02. The molecule has 3 nitrogen and oxygen atoms in total. The zero-order valence-electron chi connectivity index (χ0n) is 11.8. The van der Waals surface area contributed by atoms with Crippen molar-refractivity contribution in [3.8, 4) is 11.5 Å². The van der Waals surface area contributed by atoms with Crippen molar-refractivity contribution in [3.63, 3.8) is 0 Å². The summed E-state index contributed by atoms with van der Waals surface area (Å²) in [7, 11) is 0. The van der Waals surface area contributed by atoms with Crippen molar-refractivity contribution in [1.29, 1.82) is 0 Å². The minimum Gasteiger partial charge on any atom is -0.334 e. The van der Waals surface area contributed by atoms with Gasteiger partial charge in [0.25, 0.3) is 5.89 Å². The molecule has 1 unspecified atom stereocenters. The van der Waals surface area contributed by atoms with Crippen LogP contribution in [0.3, 0.4) is 0 Å². The van der Waals surface area contributed by atoms with Crippen molar-refractivity contribution in [2.24, 2.45) is 0 Å². The van der Waals surface area contributed by atoms with E-state index in [9.17, 15) is 0 Å². The topological polar surface area (TPSA) is 38.9 Å².